The zero-order valence-electron chi connectivity index (χ0n) is 12.6. The van der Waals surface area contributed by atoms with E-state index in [-0.39, 0.29) is 5.91 Å². The molecule has 0 aromatic heterocycles. The van der Waals surface area contributed by atoms with E-state index in [1.54, 1.807) is 0 Å². The van der Waals surface area contributed by atoms with Gasteiger partial charge in [0, 0.05) is 32.2 Å². The molecule has 3 heteroatoms. The van der Waals surface area contributed by atoms with Gasteiger partial charge in [0.15, 0.2) is 0 Å². The summed E-state index contributed by atoms with van der Waals surface area (Å²) in [5, 5.41) is 3.38. The Labute approximate surface area is 117 Å². The van der Waals surface area contributed by atoms with Crippen molar-refractivity contribution in [2.24, 2.45) is 0 Å². The fourth-order valence-corrected chi connectivity index (χ4v) is 2.10. The molecule has 0 radical (unpaired) electrons. The van der Waals surface area contributed by atoms with Crippen LogP contribution in [0.4, 0.5) is 5.69 Å². The van der Waals surface area contributed by atoms with E-state index in [9.17, 15) is 4.79 Å². The molecular formula is C16H26N2O. The lowest BCUT2D eigenvalue weighted by Crippen LogP contribution is -2.29. The minimum Gasteiger partial charge on any atom is -0.384 e. The largest absolute Gasteiger partial charge is 0.384 e. The number of aryl methyl sites for hydroxylation is 2. The monoisotopic (exact) mass is 262 g/mol. The Morgan fingerprint density at radius 2 is 1.89 bits per heavy atom. The van der Waals surface area contributed by atoms with Crippen LogP contribution in [0.3, 0.4) is 0 Å². The van der Waals surface area contributed by atoms with Gasteiger partial charge in [-0.05, 0) is 31.4 Å². The highest BCUT2D eigenvalue weighted by atomic mass is 16.2. The van der Waals surface area contributed by atoms with Crippen molar-refractivity contribution in [2.75, 3.05) is 25.5 Å². The number of hydrogen-bond donors (Lipinski definition) is 1. The number of nitrogens with one attached hydrogen (secondary N) is 1. The molecule has 0 saturated carbocycles. The topological polar surface area (TPSA) is 32.3 Å². The Bertz CT molecular complexity index is 395. The Balaban J connectivity index is 2.40. The van der Waals surface area contributed by atoms with Gasteiger partial charge in [-0.15, -0.1) is 0 Å². The molecule has 1 amide bonds. The Hall–Kier alpha value is -1.51. The van der Waals surface area contributed by atoms with E-state index in [1.807, 2.05) is 11.9 Å². The van der Waals surface area contributed by atoms with Crippen LogP contribution in [-0.2, 0) is 4.79 Å². The number of nitrogens with zero attached hydrogens (tertiary/aromatic N) is 1. The lowest BCUT2D eigenvalue weighted by Gasteiger charge is -2.18. The van der Waals surface area contributed by atoms with Crippen molar-refractivity contribution in [1.82, 2.24) is 4.90 Å². The van der Waals surface area contributed by atoms with Gasteiger partial charge in [0.2, 0.25) is 5.91 Å². The van der Waals surface area contributed by atoms with Crippen LogP contribution in [-0.4, -0.2) is 30.9 Å². The highest BCUT2D eigenvalue weighted by molar-refractivity contribution is 5.76. The zero-order valence-corrected chi connectivity index (χ0v) is 12.6. The molecule has 19 heavy (non-hydrogen) atoms. The van der Waals surface area contributed by atoms with Gasteiger partial charge in [-0.3, -0.25) is 4.79 Å². The van der Waals surface area contributed by atoms with Crippen LogP contribution in [0.25, 0.3) is 0 Å². The third-order valence-electron chi connectivity index (χ3n) is 3.39. The molecule has 0 aliphatic heterocycles. The van der Waals surface area contributed by atoms with Gasteiger partial charge in [0.25, 0.3) is 0 Å². The second kappa shape index (κ2) is 7.82. The first kappa shape index (κ1) is 15.5. The number of rotatable bonds is 7. The van der Waals surface area contributed by atoms with Crippen LogP contribution in [0, 0.1) is 13.8 Å². The molecule has 1 aromatic rings. The summed E-state index contributed by atoms with van der Waals surface area (Å²) >= 11 is 0. The SMILES string of the molecule is CCCCN(C)C(=O)CCNc1c(C)cccc1C. The molecule has 0 aliphatic rings. The van der Waals surface area contributed by atoms with Crippen molar-refractivity contribution in [3.8, 4) is 0 Å². The zero-order chi connectivity index (χ0) is 14.3. The van der Waals surface area contributed by atoms with Crippen molar-refractivity contribution >= 4 is 11.6 Å². The normalized spacial score (nSPS) is 10.3. The lowest BCUT2D eigenvalue weighted by atomic mass is 10.1. The number of hydrogen-bond acceptors (Lipinski definition) is 2. The Kier molecular flexibility index (Phi) is 6.40. The third kappa shape index (κ3) is 4.93. The van der Waals surface area contributed by atoms with Gasteiger partial charge in [0.1, 0.15) is 0 Å². The van der Waals surface area contributed by atoms with Crippen molar-refractivity contribution in [3.63, 3.8) is 0 Å². The van der Waals surface area contributed by atoms with Crippen LogP contribution in [0.5, 0.6) is 0 Å². The summed E-state index contributed by atoms with van der Waals surface area (Å²) in [4.78, 5) is 13.7. The maximum atomic E-state index is 11.9. The first-order valence-electron chi connectivity index (χ1n) is 7.10. The molecule has 0 bridgehead atoms. The fraction of sp³-hybridized carbons (Fsp3) is 0.562. The first-order chi connectivity index (χ1) is 9.06. The Morgan fingerprint density at radius 3 is 2.47 bits per heavy atom. The molecular weight excluding hydrogens is 236 g/mol. The van der Waals surface area contributed by atoms with Crippen LogP contribution in [0.2, 0.25) is 0 Å². The van der Waals surface area contributed by atoms with E-state index in [4.69, 9.17) is 0 Å². The van der Waals surface area contributed by atoms with E-state index in [0.717, 1.165) is 25.1 Å². The number of para-hydroxylation sites is 1. The molecule has 0 aliphatic carbocycles. The average molecular weight is 262 g/mol. The predicted molar refractivity (Wildman–Crippen MR) is 81.6 cm³/mol. The van der Waals surface area contributed by atoms with E-state index >= 15 is 0 Å². The van der Waals surface area contributed by atoms with Crippen LogP contribution in [0.15, 0.2) is 18.2 Å². The number of carbonyl (C=O) groups excluding carboxylic acids is 1. The summed E-state index contributed by atoms with van der Waals surface area (Å²) in [6, 6.07) is 6.23. The summed E-state index contributed by atoms with van der Waals surface area (Å²) in [6.45, 7) is 7.87. The maximum absolute atomic E-state index is 11.9. The van der Waals surface area contributed by atoms with Gasteiger partial charge in [0.05, 0.1) is 0 Å². The number of anilines is 1. The summed E-state index contributed by atoms with van der Waals surface area (Å²) in [5.74, 6) is 0.215. The number of unbranched alkanes of at least 4 members (excludes halogenated alkanes) is 1. The highest BCUT2D eigenvalue weighted by Crippen LogP contribution is 2.19. The predicted octanol–water partition coefficient (Wildman–Crippen LogP) is 3.36. The molecule has 0 spiro atoms. The molecule has 0 atom stereocenters. The summed E-state index contributed by atoms with van der Waals surface area (Å²) in [6.07, 6.45) is 2.75. The average Bonchev–Trinajstić information content (AvgIpc) is 2.39. The molecule has 106 valence electrons. The molecule has 1 aromatic carbocycles. The summed E-state index contributed by atoms with van der Waals surface area (Å²) in [5.41, 5.74) is 3.62. The smallest absolute Gasteiger partial charge is 0.224 e. The maximum Gasteiger partial charge on any atom is 0.224 e. The van der Waals surface area contributed by atoms with Crippen LogP contribution >= 0.6 is 0 Å². The van der Waals surface area contributed by atoms with Crippen LogP contribution < -0.4 is 5.32 Å². The first-order valence-corrected chi connectivity index (χ1v) is 7.10. The van der Waals surface area contributed by atoms with Crippen molar-refractivity contribution in [2.45, 2.75) is 40.0 Å². The number of carbonyl (C=O) groups is 1. The van der Waals surface area contributed by atoms with E-state index in [2.05, 4.69) is 44.3 Å². The van der Waals surface area contributed by atoms with Crippen molar-refractivity contribution < 1.29 is 4.79 Å². The van der Waals surface area contributed by atoms with Crippen LogP contribution in [0.1, 0.15) is 37.3 Å². The van der Waals surface area contributed by atoms with E-state index < -0.39 is 0 Å². The van der Waals surface area contributed by atoms with Gasteiger partial charge < -0.3 is 10.2 Å². The minimum atomic E-state index is 0.215. The molecule has 0 unspecified atom stereocenters. The van der Waals surface area contributed by atoms with Gasteiger partial charge in [-0.1, -0.05) is 31.5 Å². The lowest BCUT2D eigenvalue weighted by molar-refractivity contribution is -0.129. The summed E-state index contributed by atoms with van der Waals surface area (Å²) in [7, 11) is 1.89. The highest BCUT2D eigenvalue weighted by Gasteiger charge is 2.08. The Morgan fingerprint density at radius 1 is 1.26 bits per heavy atom. The quantitative estimate of drug-likeness (QED) is 0.817. The van der Waals surface area contributed by atoms with E-state index in [1.165, 1.54) is 11.1 Å². The second-order valence-electron chi connectivity index (χ2n) is 5.11. The molecule has 3 nitrogen and oxygen atoms in total. The van der Waals surface area contributed by atoms with E-state index in [0.29, 0.717) is 13.0 Å². The summed E-state index contributed by atoms with van der Waals surface area (Å²) < 4.78 is 0. The van der Waals surface area contributed by atoms with Gasteiger partial charge in [-0.25, -0.2) is 0 Å². The molecule has 1 N–H and O–H groups in total. The fourth-order valence-electron chi connectivity index (χ4n) is 2.10. The number of amides is 1. The van der Waals surface area contributed by atoms with Gasteiger partial charge >= 0.3 is 0 Å². The van der Waals surface area contributed by atoms with Gasteiger partial charge in [-0.2, -0.15) is 0 Å². The molecule has 0 fully saturated rings. The molecule has 0 saturated heterocycles. The number of benzene rings is 1. The standard InChI is InChI=1S/C16H26N2O/c1-5-6-12-18(4)15(19)10-11-17-16-13(2)8-7-9-14(16)3/h7-9,17H,5-6,10-12H2,1-4H3. The second-order valence-corrected chi connectivity index (χ2v) is 5.11. The third-order valence-corrected chi connectivity index (χ3v) is 3.39. The minimum absolute atomic E-state index is 0.215. The molecule has 1 rings (SSSR count). The van der Waals surface area contributed by atoms with Crippen molar-refractivity contribution in [3.05, 3.63) is 29.3 Å². The molecule has 0 heterocycles. The van der Waals surface area contributed by atoms with Crippen molar-refractivity contribution in [1.29, 1.82) is 0 Å².